The average Bonchev–Trinajstić information content (AvgIpc) is 2.28. The topological polar surface area (TPSA) is 24.9 Å². The van der Waals surface area contributed by atoms with Crippen molar-refractivity contribution < 1.29 is 8.78 Å². The van der Waals surface area contributed by atoms with Gasteiger partial charge in [0.05, 0.1) is 0 Å². The van der Waals surface area contributed by atoms with Crippen LogP contribution in [0.2, 0.25) is 0 Å². The number of hydrogen-bond donors (Lipinski definition) is 1. The average molecular weight is 250 g/mol. The molecule has 1 aromatic heterocycles. The predicted octanol–water partition coefficient (Wildman–Crippen LogP) is 3.43. The van der Waals surface area contributed by atoms with Crippen molar-refractivity contribution in [2.75, 3.05) is 0 Å². The van der Waals surface area contributed by atoms with Gasteiger partial charge in [-0.05, 0) is 41.5 Å². The highest BCUT2D eigenvalue weighted by Crippen LogP contribution is 2.35. The van der Waals surface area contributed by atoms with Crippen LogP contribution in [-0.4, -0.2) is 4.98 Å². The molecule has 96 valence electrons. The van der Waals surface area contributed by atoms with Crippen LogP contribution in [0.3, 0.4) is 0 Å². The second-order valence-corrected chi connectivity index (χ2v) is 5.41. The number of aromatic nitrogens is 1. The number of dihydropyridines is 1. The summed E-state index contributed by atoms with van der Waals surface area (Å²) in [5.74, 6) is -2.45. The molecule has 1 unspecified atom stereocenters. The van der Waals surface area contributed by atoms with Crippen LogP contribution in [0.15, 0.2) is 42.3 Å². The minimum Gasteiger partial charge on any atom is -0.353 e. The fourth-order valence-electron chi connectivity index (χ4n) is 1.78. The van der Waals surface area contributed by atoms with Crippen molar-refractivity contribution in [1.29, 1.82) is 0 Å². The molecule has 2 rings (SSSR count). The lowest BCUT2D eigenvalue weighted by molar-refractivity contribution is 0.194. The first kappa shape index (κ1) is 12.7. The van der Waals surface area contributed by atoms with Gasteiger partial charge in [0.1, 0.15) is 0 Å². The molecule has 1 N–H and O–H groups in total. The van der Waals surface area contributed by atoms with Crippen LogP contribution in [0.25, 0.3) is 0 Å². The molecule has 0 amide bonds. The number of halogens is 2. The normalized spacial score (nSPS) is 23.5. The Hall–Kier alpha value is -1.71. The summed E-state index contributed by atoms with van der Waals surface area (Å²) in [5.41, 5.74) is 1.02. The van der Waals surface area contributed by atoms with Crippen molar-refractivity contribution >= 4 is 0 Å². The molecular formula is C14H16F2N2. The Morgan fingerprint density at radius 1 is 1.28 bits per heavy atom. The molecule has 0 aromatic carbocycles. The van der Waals surface area contributed by atoms with Crippen molar-refractivity contribution in [1.82, 2.24) is 10.3 Å². The first-order chi connectivity index (χ1) is 8.31. The minimum atomic E-state index is -1.84. The Labute approximate surface area is 105 Å². The van der Waals surface area contributed by atoms with Crippen LogP contribution in [0.5, 0.6) is 0 Å². The molecule has 0 saturated carbocycles. The number of pyridine rings is 1. The molecule has 0 bridgehead atoms. The third-order valence-corrected chi connectivity index (χ3v) is 2.92. The summed E-state index contributed by atoms with van der Waals surface area (Å²) in [4.78, 5) is 3.49. The fourth-order valence-corrected chi connectivity index (χ4v) is 1.78. The molecule has 1 aromatic rings. The molecule has 0 aliphatic carbocycles. The monoisotopic (exact) mass is 250 g/mol. The van der Waals surface area contributed by atoms with E-state index in [4.69, 9.17) is 0 Å². The largest absolute Gasteiger partial charge is 0.353 e. The van der Waals surface area contributed by atoms with Gasteiger partial charge in [-0.2, -0.15) is 4.39 Å². The van der Waals surface area contributed by atoms with E-state index in [1.54, 1.807) is 6.20 Å². The van der Waals surface area contributed by atoms with Gasteiger partial charge in [0, 0.05) is 11.8 Å². The van der Waals surface area contributed by atoms with Crippen LogP contribution < -0.4 is 5.32 Å². The number of allylic oxidation sites excluding steroid dienone is 2. The van der Waals surface area contributed by atoms with E-state index in [1.807, 2.05) is 26.8 Å². The summed E-state index contributed by atoms with van der Waals surface area (Å²) in [6.07, 6.45) is 6.14. The standard InChI is InChI=1S/C14H16F2N2/c1-13(2,3)10-6-7-18-14(16,8-10)11-4-5-12(15)17-9-11/h4-9,18H,1-3H3. The third kappa shape index (κ3) is 2.42. The van der Waals surface area contributed by atoms with Crippen molar-refractivity contribution in [3.05, 3.63) is 53.8 Å². The van der Waals surface area contributed by atoms with Gasteiger partial charge in [-0.25, -0.2) is 9.37 Å². The SMILES string of the molecule is CC(C)(C)C1=CC(F)(c2ccc(F)nc2)NC=C1. The van der Waals surface area contributed by atoms with Gasteiger partial charge in [-0.15, -0.1) is 0 Å². The van der Waals surface area contributed by atoms with Gasteiger partial charge < -0.3 is 5.32 Å². The summed E-state index contributed by atoms with van der Waals surface area (Å²) in [5, 5.41) is 2.65. The Bertz CT molecular complexity index is 498. The predicted molar refractivity (Wildman–Crippen MR) is 66.8 cm³/mol. The lowest BCUT2D eigenvalue weighted by Gasteiger charge is -2.31. The van der Waals surface area contributed by atoms with Gasteiger partial charge in [-0.3, -0.25) is 0 Å². The molecule has 0 saturated heterocycles. The molecule has 2 heterocycles. The molecule has 18 heavy (non-hydrogen) atoms. The lowest BCUT2D eigenvalue weighted by Crippen LogP contribution is -2.36. The van der Waals surface area contributed by atoms with Gasteiger partial charge in [-0.1, -0.05) is 20.8 Å². The highest BCUT2D eigenvalue weighted by Gasteiger charge is 2.33. The smallest absolute Gasteiger partial charge is 0.226 e. The zero-order valence-corrected chi connectivity index (χ0v) is 10.7. The highest BCUT2D eigenvalue weighted by molar-refractivity contribution is 5.36. The van der Waals surface area contributed by atoms with Crippen molar-refractivity contribution in [3.63, 3.8) is 0 Å². The first-order valence-electron chi connectivity index (χ1n) is 5.80. The summed E-state index contributed by atoms with van der Waals surface area (Å²) in [6.45, 7) is 6.04. The highest BCUT2D eigenvalue weighted by atomic mass is 19.1. The zero-order chi connectivity index (χ0) is 13.4. The van der Waals surface area contributed by atoms with Gasteiger partial charge in [0.15, 0.2) is 0 Å². The molecule has 2 nitrogen and oxygen atoms in total. The van der Waals surface area contributed by atoms with E-state index < -0.39 is 11.7 Å². The summed E-state index contributed by atoms with van der Waals surface area (Å²) < 4.78 is 27.6. The molecule has 4 heteroatoms. The maximum absolute atomic E-state index is 14.8. The van der Waals surface area contributed by atoms with E-state index in [1.165, 1.54) is 18.3 Å². The summed E-state index contributed by atoms with van der Waals surface area (Å²) >= 11 is 0. The van der Waals surface area contributed by atoms with E-state index in [0.717, 1.165) is 11.6 Å². The Morgan fingerprint density at radius 3 is 2.56 bits per heavy atom. The Balaban J connectivity index is 2.40. The minimum absolute atomic E-state index is 0.149. The van der Waals surface area contributed by atoms with Crippen molar-refractivity contribution in [3.8, 4) is 0 Å². The van der Waals surface area contributed by atoms with Crippen LogP contribution in [0, 0.1) is 11.4 Å². The van der Waals surface area contributed by atoms with Crippen LogP contribution in [-0.2, 0) is 5.79 Å². The van der Waals surface area contributed by atoms with E-state index in [-0.39, 0.29) is 11.0 Å². The number of rotatable bonds is 1. The second-order valence-electron chi connectivity index (χ2n) is 5.41. The van der Waals surface area contributed by atoms with Crippen molar-refractivity contribution in [2.24, 2.45) is 5.41 Å². The Morgan fingerprint density at radius 2 is 2.00 bits per heavy atom. The van der Waals surface area contributed by atoms with Crippen LogP contribution >= 0.6 is 0 Å². The molecule has 1 aliphatic heterocycles. The van der Waals surface area contributed by atoms with Gasteiger partial charge >= 0.3 is 0 Å². The molecular weight excluding hydrogens is 234 g/mol. The number of hydrogen-bond acceptors (Lipinski definition) is 2. The summed E-state index contributed by atoms with van der Waals surface area (Å²) in [7, 11) is 0. The number of alkyl halides is 1. The lowest BCUT2D eigenvalue weighted by atomic mass is 9.83. The maximum atomic E-state index is 14.8. The molecule has 0 radical (unpaired) electrons. The fraction of sp³-hybridized carbons (Fsp3) is 0.357. The van der Waals surface area contributed by atoms with E-state index in [2.05, 4.69) is 10.3 Å². The molecule has 1 aliphatic rings. The summed E-state index contributed by atoms with van der Waals surface area (Å²) in [6, 6.07) is 2.55. The maximum Gasteiger partial charge on any atom is 0.226 e. The van der Waals surface area contributed by atoms with Gasteiger partial charge in [0.2, 0.25) is 11.7 Å². The van der Waals surface area contributed by atoms with E-state index in [0.29, 0.717) is 0 Å². The number of nitrogens with one attached hydrogen (secondary N) is 1. The zero-order valence-electron chi connectivity index (χ0n) is 10.7. The van der Waals surface area contributed by atoms with Crippen LogP contribution in [0.4, 0.5) is 8.78 Å². The third-order valence-electron chi connectivity index (χ3n) is 2.92. The second kappa shape index (κ2) is 4.19. The van der Waals surface area contributed by atoms with Crippen LogP contribution in [0.1, 0.15) is 26.3 Å². The van der Waals surface area contributed by atoms with E-state index >= 15 is 0 Å². The van der Waals surface area contributed by atoms with Crippen molar-refractivity contribution in [2.45, 2.75) is 26.6 Å². The number of nitrogens with zero attached hydrogens (tertiary/aromatic N) is 1. The Kier molecular flexibility index (Phi) is 2.97. The van der Waals surface area contributed by atoms with Gasteiger partial charge in [0.25, 0.3) is 0 Å². The molecule has 0 fully saturated rings. The van der Waals surface area contributed by atoms with E-state index in [9.17, 15) is 8.78 Å². The first-order valence-corrected chi connectivity index (χ1v) is 5.80. The molecule has 0 spiro atoms. The quantitative estimate of drug-likeness (QED) is 0.610. The molecule has 1 atom stereocenters.